The number of hydrogen-bond donors (Lipinski definition) is 1. The molecule has 0 aromatic carbocycles. The van der Waals surface area contributed by atoms with Crippen LogP contribution in [0.4, 0.5) is 5.69 Å². The van der Waals surface area contributed by atoms with Gasteiger partial charge < -0.3 is 15.4 Å². The van der Waals surface area contributed by atoms with E-state index in [9.17, 15) is 0 Å². The van der Waals surface area contributed by atoms with Gasteiger partial charge in [-0.05, 0) is 0 Å². The SMILES string of the molecule is C=CCN(CCOC)c1cnc(C(C)C)nc1CN. The van der Waals surface area contributed by atoms with Crippen molar-refractivity contribution in [1.82, 2.24) is 9.97 Å². The minimum atomic E-state index is 0.297. The molecule has 1 heterocycles. The van der Waals surface area contributed by atoms with Crippen LogP contribution in [0, 0.1) is 0 Å². The third kappa shape index (κ3) is 4.29. The van der Waals surface area contributed by atoms with Crippen molar-refractivity contribution in [1.29, 1.82) is 0 Å². The summed E-state index contributed by atoms with van der Waals surface area (Å²) in [4.78, 5) is 11.1. The van der Waals surface area contributed by atoms with Crippen molar-refractivity contribution < 1.29 is 4.74 Å². The van der Waals surface area contributed by atoms with Gasteiger partial charge in [0.1, 0.15) is 5.82 Å². The predicted octanol–water partition coefficient (Wildman–Crippen LogP) is 1.70. The Kier molecular flexibility index (Phi) is 6.45. The summed E-state index contributed by atoms with van der Waals surface area (Å²) in [5, 5.41) is 0. The van der Waals surface area contributed by atoms with Gasteiger partial charge >= 0.3 is 0 Å². The van der Waals surface area contributed by atoms with Crippen molar-refractivity contribution >= 4 is 5.69 Å². The standard InChI is InChI=1S/C14H24N4O/c1-5-6-18(7-8-19-4)13-10-16-14(11(2)3)17-12(13)9-15/h5,10-11H,1,6-9,15H2,2-4H3. The third-order valence-corrected chi connectivity index (χ3v) is 2.83. The molecule has 0 saturated carbocycles. The Morgan fingerprint density at radius 2 is 2.26 bits per heavy atom. The van der Waals surface area contributed by atoms with Gasteiger partial charge in [0.15, 0.2) is 0 Å². The highest BCUT2D eigenvalue weighted by Gasteiger charge is 2.13. The van der Waals surface area contributed by atoms with E-state index in [4.69, 9.17) is 10.5 Å². The second-order valence-corrected chi connectivity index (χ2v) is 4.65. The van der Waals surface area contributed by atoms with Gasteiger partial charge in [-0.25, -0.2) is 9.97 Å². The second kappa shape index (κ2) is 7.86. The Morgan fingerprint density at radius 3 is 2.79 bits per heavy atom. The van der Waals surface area contributed by atoms with Gasteiger partial charge in [-0.1, -0.05) is 19.9 Å². The number of anilines is 1. The predicted molar refractivity (Wildman–Crippen MR) is 78.3 cm³/mol. The Balaban J connectivity index is 3.03. The minimum Gasteiger partial charge on any atom is -0.383 e. The third-order valence-electron chi connectivity index (χ3n) is 2.83. The lowest BCUT2D eigenvalue weighted by Gasteiger charge is -2.25. The zero-order valence-electron chi connectivity index (χ0n) is 12.1. The van der Waals surface area contributed by atoms with E-state index in [1.165, 1.54) is 0 Å². The molecule has 5 nitrogen and oxygen atoms in total. The number of nitrogens with two attached hydrogens (primary N) is 1. The molecule has 0 aliphatic carbocycles. The molecule has 0 fully saturated rings. The molecule has 0 atom stereocenters. The summed E-state index contributed by atoms with van der Waals surface area (Å²) >= 11 is 0. The molecule has 0 radical (unpaired) electrons. The van der Waals surface area contributed by atoms with E-state index in [0.717, 1.165) is 30.3 Å². The zero-order chi connectivity index (χ0) is 14.3. The quantitative estimate of drug-likeness (QED) is 0.724. The first-order valence-electron chi connectivity index (χ1n) is 6.54. The number of aromatic nitrogens is 2. The first-order valence-corrected chi connectivity index (χ1v) is 6.54. The van der Waals surface area contributed by atoms with E-state index in [-0.39, 0.29) is 0 Å². The number of methoxy groups -OCH3 is 1. The molecule has 1 aromatic heterocycles. The van der Waals surface area contributed by atoms with Gasteiger partial charge in [0.05, 0.1) is 24.2 Å². The molecule has 1 aromatic rings. The fraction of sp³-hybridized carbons (Fsp3) is 0.571. The topological polar surface area (TPSA) is 64.3 Å². The molecule has 0 saturated heterocycles. The van der Waals surface area contributed by atoms with Crippen LogP contribution >= 0.6 is 0 Å². The van der Waals surface area contributed by atoms with Gasteiger partial charge in [-0.2, -0.15) is 0 Å². The lowest BCUT2D eigenvalue weighted by atomic mass is 10.2. The monoisotopic (exact) mass is 264 g/mol. The summed E-state index contributed by atoms with van der Waals surface area (Å²) < 4.78 is 5.13. The van der Waals surface area contributed by atoms with Crippen molar-refractivity contribution in [3.05, 3.63) is 30.4 Å². The number of nitrogens with zero attached hydrogens (tertiary/aromatic N) is 3. The van der Waals surface area contributed by atoms with Crippen LogP contribution in [0.5, 0.6) is 0 Å². The molecule has 0 aliphatic heterocycles. The molecule has 106 valence electrons. The second-order valence-electron chi connectivity index (χ2n) is 4.65. The van der Waals surface area contributed by atoms with E-state index < -0.39 is 0 Å². The van der Waals surface area contributed by atoms with Crippen LogP contribution in [0.3, 0.4) is 0 Å². The lowest BCUT2D eigenvalue weighted by molar-refractivity contribution is 0.205. The Labute approximate surface area is 115 Å². The average molecular weight is 264 g/mol. The summed E-state index contributed by atoms with van der Waals surface area (Å²) in [6, 6.07) is 0. The van der Waals surface area contributed by atoms with E-state index in [2.05, 4.69) is 35.3 Å². The Bertz CT molecular complexity index is 406. The molecule has 0 spiro atoms. The maximum atomic E-state index is 5.81. The van der Waals surface area contributed by atoms with Crippen LogP contribution in [0.2, 0.25) is 0 Å². The van der Waals surface area contributed by atoms with Crippen molar-refractivity contribution in [3.8, 4) is 0 Å². The number of hydrogen-bond acceptors (Lipinski definition) is 5. The Morgan fingerprint density at radius 1 is 1.53 bits per heavy atom. The van der Waals surface area contributed by atoms with Gasteiger partial charge in [-0.15, -0.1) is 6.58 Å². The van der Waals surface area contributed by atoms with Crippen LogP contribution in [0.15, 0.2) is 18.9 Å². The highest BCUT2D eigenvalue weighted by Crippen LogP contribution is 2.20. The van der Waals surface area contributed by atoms with Crippen LogP contribution in [-0.2, 0) is 11.3 Å². The maximum Gasteiger partial charge on any atom is 0.131 e. The van der Waals surface area contributed by atoms with Gasteiger partial charge in [0.25, 0.3) is 0 Å². The highest BCUT2D eigenvalue weighted by atomic mass is 16.5. The smallest absolute Gasteiger partial charge is 0.131 e. The molecule has 1 rings (SSSR count). The normalized spacial score (nSPS) is 10.8. The van der Waals surface area contributed by atoms with E-state index in [1.54, 1.807) is 7.11 Å². The molecule has 2 N–H and O–H groups in total. The molecular formula is C14H24N4O. The molecule has 19 heavy (non-hydrogen) atoms. The first kappa shape index (κ1) is 15.6. The summed E-state index contributed by atoms with van der Waals surface area (Å²) in [6.45, 7) is 10.5. The fourth-order valence-corrected chi connectivity index (χ4v) is 1.79. The average Bonchev–Trinajstić information content (AvgIpc) is 2.42. The van der Waals surface area contributed by atoms with Crippen LogP contribution in [0.1, 0.15) is 31.3 Å². The largest absolute Gasteiger partial charge is 0.383 e. The molecule has 5 heteroatoms. The van der Waals surface area contributed by atoms with Gasteiger partial charge in [0, 0.05) is 32.7 Å². The van der Waals surface area contributed by atoms with E-state index >= 15 is 0 Å². The molecular weight excluding hydrogens is 240 g/mol. The van der Waals surface area contributed by atoms with Gasteiger partial charge in [-0.3, -0.25) is 0 Å². The number of rotatable bonds is 8. The summed E-state index contributed by atoms with van der Waals surface area (Å²) in [6.07, 6.45) is 3.70. The summed E-state index contributed by atoms with van der Waals surface area (Å²) in [7, 11) is 1.69. The van der Waals surface area contributed by atoms with Crippen LogP contribution in [0.25, 0.3) is 0 Å². The minimum absolute atomic E-state index is 0.297. The Hall–Kier alpha value is -1.46. The van der Waals surface area contributed by atoms with Crippen molar-refractivity contribution in [2.24, 2.45) is 5.73 Å². The van der Waals surface area contributed by atoms with Crippen LogP contribution in [-0.4, -0.2) is 36.8 Å². The number of ether oxygens (including phenoxy) is 1. The highest BCUT2D eigenvalue weighted by molar-refractivity contribution is 5.49. The van der Waals surface area contributed by atoms with Gasteiger partial charge in [0.2, 0.25) is 0 Å². The lowest BCUT2D eigenvalue weighted by Crippen LogP contribution is -2.29. The summed E-state index contributed by atoms with van der Waals surface area (Å²) in [5.41, 5.74) is 7.64. The van der Waals surface area contributed by atoms with Crippen molar-refractivity contribution in [2.45, 2.75) is 26.3 Å². The fourth-order valence-electron chi connectivity index (χ4n) is 1.79. The summed E-state index contributed by atoms with van der Waals surface area (Å²) in [5.74, 6) is 1.13. The first-order chi connectivity index (χ1) is 9.13. The molecule has 0 unspecified atom stereocenters. The van der Waals surface area contributed by atoms with Crippen molar-refractivity contribution in [3.63, 3.8) is 0 Å². The van der Waals surface area contributed by atoms with Crippen molar-refractivity contribution in [2.75, 3.05) is 31.7 Å². The molecule has 0 amide bonds. The molecule has 0 aliphatic rings. The zero-order valence-corrected chi connectivity index (χ0v) is 12.1. The van der Waals surface area contributed by atoms with E-state index in [1.807, 2.05) is 12.3 Å². The molecule has 0 bridgehead atoms. The maximum absolute atomic E-state index is 5.81. The van der Waals surface area contributed by atoms with Crippen LogP contribution < -0.4 is 10.6 Å². The van der Waals surface area contributed by atoms with E-state index in [0.29, 0.717) is 19.1 Å².